The molecule has 0 spiro atoms. The molecule has 1 heterocycles. The molecule has 0 aliphatic carbocycles. The van der Waals surface area contributed by atoms with E-state index in [0.717, 1.165) is 5.56 Å². The zero-order valence-corrected chi connectivity index (χ0v) is 9.05. The number of rotatable bonds is 2. The minimum atomic E-state index is -1.67. The smallest absolute Gasteiger partial charge is 0.298 e. The van der Waals surface area contributed by atoms with Crippen molar-refractivity contribution in [3.05, 3.63) is 60.4 Å². The quantitative estimate of drug-likeness (QED) is 0.715. The number of hydrogen-bond donors (Lipinski definition) is 0. The van der Waals surface area contributed by atoms with Crippen LogP contribution in [0.3, 0.4) is 0 Å². The van der Waals surface area contributed by atoms with Gasteiger partial charge in [0.1, 0.15) is 0 Å². The molecule has 0 radical (unpaired) electrons. The van der Waals surface area contributed by atoms with E-state index in [9.17, 15) is 4.89 Å². The maximum atomic E-state index is 11.6. The van der Waals surface area contributed by atoms with Crippen LogP contribution < -0.4 is 4.89 Å². The molecular formula is C11H11N2OP. The fraction of sp³-hybridized carbons (Fsp3) is 0.0909. The van der Waals surface area contributed by atoms with Crippen LogP contribution in [0, 0.1) is 0 Å². The molecule has 76 valence electrons. The standard InChI is InChI=1S/C11H11N2OP/c14-15-12-8-4-5-9-13(15)10-11-6-2-1-3-7-11/h1-9H,10H2. The average Bonchev–Trinajstić information content (AvgIpc) is 2.46. The third-order valence-corrected chi connectivity index (χ3v) is 3.07. The van der Waals surface area contributed by atoms with Crippen LogP contribution >= 0.6 is 8.09 Å². The summed E-state index contributed by atoms with van der Waals surface area (Å²) in [5.74, 6) is 0. The molecule has 0 aromatic heterocycles. The van der Waals surface area contributed by atoms with Crippen molar-refractivity contribution in [1.82, 2.24) is 4.67 Å². The first kappa shape index (κ1) is 10.1. The maximum absolute atomic E-state index is 11.6. The Kier molecular flexibility index (Phi) is 3.28. The van der Waals surface area contributed by atoms with Crippen molar-refractivity contribution >= 4 is 8.09 Å². The van der Waals surface area contributed by atoms with Crippen LogP contribution in [-0.4, -0.2) is 4.67 Å². The third-order valence-electron chi connectivity index (χ3n) is 2.03. The highest BCUT2D eigenvalue weighted by Gasteiger charge is 2.11. The van der Waals surface area contributed by atoms with Gasteiger partial charge in [-0.05, 0) is 17.7 Å². The summed E-state index contributed by atoms with van der Waals surface area (Å²) in [6.07, 6.45) is 6.99. The summed E-state index contributed by atoms with van der Waals surface area (Å²) in [6, 6.07) is 9.93. The van der Waals surface area contributed by atoms with Gasteiger partial charge < -0.3 is 4.89 Å². The molecule has 1 aliphatic rings. The lowest BCUT2D eigenvalue weighted by Gasteiger charge is -2.12. The molecule has 0 bridgehead atoms. The monoisotopic (exact) mass is 218 g/mol. The highest BCUT2D eigenvalue weighted by molar-refractivity contribution is 7.36. The number of benzene rings is 1. The van der Waals surface area contributed by atoms with E-state index in [0.29, 0.717) is 6.54 Å². The van der Waals surface area contributed by atoms with Crippen molar-refractivity contribution in [2.24, 2.45) is 4.74 Å². The Labute approximate surface area is 90.0 Å². The Morgan fingerprint density at radius 1 is 1.20 bits per heavy atom. The zero-order chi connectivity index (χ0) is 10.5. The van der Waals surface area contributed by atoms with Crippen molar-refractivity contribution in [3.8, 4) is 0 Å². The second-order valence-electron chi connectivity index (χ2n) is 3.13. The largest absolute Gasteiger partial charge is 0.590 e. The van der Waals surface area contributed by atoms with E-state index in [4.69, 9.17) is 0 Å². The van der Waals surface area contributed by atoms with Gasteiger partial charge in [0.2, 0.25) is 0 Å². The molecule has 0 N–H and O–H groups in total. The Morgan fingerprint density at radius 2 is 2.00 bits per heavy atom. The zero-order valence-electron chi connectivity index (χ0n) is 8.15. The lowest BCUT2D eigenvalue weighted by atomic mass is 10.2. The van der Waals surface area contributed by atoms with Crippen LogP contribution in [0.25, 0.3) is 0 Å². The van der Waals surface area contributed by atoms with Crippen LogP contribution in [0.1, 0.15) is 5.56 Å². The normalized spacial score (nSPS) is 17.4. The fourth-order valence-corrected chi connectivity index (χ4v) is 2.10. The van der Waals surface area contributed by atoms with Gasteiger partial charge in [-0.1, -0.05) is 35.1 Å². The van der Waals surface area contributed by atoms with Crippen LogP contribution in [0.4, 0.5) is 0 Å². The lowest BCUT2D eigenvalue weighted by Crippen LogP contribution is -2.12. The van der Waals surface area contributed by atoms with E-state index in [2.05, 4.69) is 4.74 Å². The van der Waals surface area contributed by atoms with Crippen molar-refractivity contribution in [2.75, 3.05) is 0 Å². The topological polar surface area (TPSA) is 38.7 Å². The summed E-state index contributed by atoms with van der Waals surface area (Å²) in [5.41, 5.74) is 1.13. The molecule has 2 rings (SSSR count). The van der Waals surface area contributed by atoms with Crippen molar-refractivity contribution in [3.63, 3.8) is 0 Å². The van der Waals surface area contributed by atoms with Gasteiger partial charge in [-0.3, -0.25) is 0 Å². The second-order valence-corrected chi connectivity index (χ2v) is 4.38. The molecule has 0 saturated carbocycles. The van der Waals surface area contributed by atoms with Gasteiger partial charge in [0.15, 0.2) is 0 Å². The summed E-state index contributed by atoms with van der Waals surface area (Å²) in [6.45, 7) is 0.623. The van der Waals surface area contributed by atoms with Crippen LogP contribution in [-0.2, 0) is 6.54 Å². The molecule has 1 aromatic rings. The van der Waals surface area contributed by atoms with Gasteiger partial charge in [0.05, 0.1) is 12.7 Å². The molecule has 1 atom stereocenters. The Bertz CT molecular complexity index is 412. The highest BCUT2D eigenvalue weighted by atomic mass is 31.1. The minimum Gasteiger partial charge on any atom is -0.590 e. The molecular weight excluding hydrogens is 207 g/mol. The summed E-state index contributed by atoms with van der Waals surface area (Å²) in [7, 11) is -1.67. The first-order chi connectivity index (χ1) is 7.36. The van der Waals surface area contributed by atoms with E-state index < -0.39 is 8.09 Å². The van der Waals surface area contributed by atoms with E-state index in [1.54, 1.807) is 23.1 Å². The van der Waals surface area contributed by atoms with E-state index in [1.165, 1.54) is 0 Å². The third kappa shape index (κ3) is 2.75. The van der Waals surface area contributed by atoms with E-state index >= 15 is 0 Å². The number of nitrogens with zero attached hydrogens (tertiary/aromatic N) is 2. The first-order valence-electron chi connectivity index (χ1n) is 4.68. The Balaban J connectivity index is 2.12. The Hall–Kier alpha value is -1.44. The van der Waals surface area contributed by atoms with Crippen LogP contribution in [0.5, 0.6) is 0 Å². The summed E-state index contributed by atoms with van der Waals surface area (Å²) >= 11 is 0. The Morgan fingerprint density at radius 3 is 2.80 bits per heavy atom. The molecule has 0 saturated heterocycles. The molecule has 15 heavy (non-hydrogen) atoms. The molecule has 3 nitrogen and oxygen atoms in total. The molecule has 4 heteroatoms. The van der Waals surface area contributed by atoms with Gasteiger partial charge in [-0.2, -0.15) is 4.67 Å². The minimum absolute atomic E-state index is 0.623. The van der Waals surface area contributed by atoms with Crippen molar-refractivity contribution < 1.29 is 4.89 Å². The SMILES string of the molecule is [O-][P+]1=NC=CC=CN1Cc1ccccc1. The molecule has 1 aliphatic heterocycles. The lowest BCUT2D eigenvalue weighted by molar-refractivity contribution is -0.164. The highest BCUT2D eigenvalue weighted by Crippen LogP contribution is 2.26. The first-order valence-corrected chi connectivity index (χ1v) is 5.84. The predicted molar refractivity (Wildman–Crippen MR) is 59.6 cm³/mol. The van der Waals surface area contributed by atoms with Gasteiger partial charge >= 0.3 is 0 Å². The maximum Gasteiger partial charge on any atom is 0.298 e. The molecule has 1 aromatic carbocycles. The van der Waals surface area contributed by atoms with Crippen LogP contribution in [0.2, 0.25) is 0 Å². The molecule has 0 fully saturated rings. The van der Waals surface area contributed by atoms with Crippen LogP contribution in [0.15, 0.2) is 59.6 Å². The molecule has 1 unspecified atom stereocenters. The summed E-state index contributed by atoms with van der Waals surface area (Å²) < 4.78 is 5.62. The van der Waals surface area contributed by atoms with E-state index in [-0.39, 0.29) is 0 Å². The van der Waals surface area contributed by atoms with Crippen molar-refractivity contribution in [2.45, 2.75) is 6.54 Å². The van der Waals surface area contributed by atoms with Gasteiger partial charge in [-0.15, -0.1) is 0 Å². The molecule has 0 amide bonds. The second kappa shape index (κ2) is 4.87. The number of hydrogen-bond acceptors (Lipinski definition) is 3. The van der Waals surface area contributed by atoms with Gasteiger partial charge in [0.25, 0.3) is 8.09 Å². The van der Waals surface area contributed by atoms with E-state index in [1.807, 2.05) is 36.4 Å². The predicted octanol–water partition coefficient (Wildman–Crippen LogP) is 2.39. The van der Waals surface area contributed by atoms with Gasteiger partial charge in [-0.25, -0.2) is 0 Å². The average molecular weight is 218 g/mol. The van der Waals surface area contributed by atoms with Crippen molar-refractivity contribution in [1.29, 1.82) is 0 Å². The number of allylic oxidation sites excluding steroid dienone is 2. The fourth-order valence-electron chi connectivity index (χ4n) is 1.30. The summed E-state index contributed by atoms with van der Waals surface area (Å²) in [4.78, 5) is 11.6. The summed E-state index contributed by atoms with van der Waals surface area (Å²) in [5, 5.41) is 0. The van der Waals surface area contributed by atoms with Gasteiger partial charge in [0, 0.05) is 6.20 Å².